The third-order valence-electron chi connectivity index (χ3n) is 3.09. The molecule has 2 fully saturated rings. The van der Waals surface area contributed by atoms with Gasteiger partial charge in [-0.2, -0.15) is 0 Å². The molecule has 1 saturated carbocycles. The lowest BCUT2D eigenvalue weighted by molar-refractivity contribution is -0.128. The fraction of sp³-hybridized carbons (Fsp3) is 0.667. The second-order valence-electron chi connectivity index (χ2n) is 4.57. The minimum absolute atomic E-state index is 0.0189. The maximum atomic E-state index is 11.6. The van der Waals surface area contributed by atoms with Crippen LogP contribution in [0.4, 0.5) is 0 Å². The van der Waals surface area contributed by atoms with Gasteiger partial charge in [-0.15, -0.1) is 6.58 Å². The Morgan fingerprint density at radius 3 is 2.94 bits per heavy atom. The monoisotopic (exact) mass is 222 g/mol. The molecule has 0 aromatic heterocycles. The predicted octanol–water partition coefficient (Wildman–Crippen LogP) is 0.832. The molecule has 1 atom stereocenters. The number of amides is 2. The summed E-state index contributed by atoms with van der Waals surface area (Å²) in [5.41, 5.74) is 0. The standard InChI is InChI=1S/C12H18N2O2/c1-2-3-4-11(15)13-9-7-12(16)14(8-9)10-5-6-10/h2,9-10H,1,3-8H2,(H,13,15)/t9-/m0/s1. The average Bonchev–Trinajstić information content (AvgIpc) is 3.01. The van der Waals surface area contributed by atoms with Crippen molar-refractivity contribution in [2.24, 2.45) is 0 Å². The van der Waals surface area contributed by atoms with Gasteiger partial charge in [-0.3, -0.25) is 9.59 Å². The van der Waals surface area contributed by atoms with E-state index in [-0.39, 0.29) is 17.9 Å². The summed E-state index contributed by atoms with van der Waals surface area (Å²) in [6.45, 7) is 4.28. The Labute approximate surface area is 95.7 Å². The molecule has 2 aliphatic rings. The van der Waals surface area contributed by atoms with Crippen molar-refractivity contribution in [2.75, 3.05) is 6.54 Å². The Bertz CT molecular complexity index is 310. The largest absolute Gasteiger partial charge is 0.351 e. The third-order valence-corrected chi connectivity index (χ3v) is 3.09. The van der Waals surface area contributed by atoms with E-state index in [0.29, 0.717) is 31.8 Å². The van der Waals surface area contributed by atoms with Crippen molar-refractivity contribution in [3.63, 3.8) is 0 Å². The number of hydrogen-bond acceptors (Lipinski definition) is 2. The molecule has 0 bridgehead atoms. The smallest absolute Gasteiger partial charge is 0.225 e. The molecule has 4 heteroatoms. The van der Waals surface area contributed by atoms with Gasteiger partial charge in [0.1, 0.15) is 0 Å². The first-order valence-electron chi connectivity index (χ1n) is 5.90. The van der Waals surface area contributed by atoms with Crippen LogP contribution in [0.1, 0.15) is 32.1 Å². The van der Waals surface area contributed by atoms with Crippen molar-refractivity contribution in [1.82, 2.24) is 10.2 Å². The fourth-order valence-electron chi connectivity index (χ4n) is 2.10. The Morgan fingerprint density at radius 2 is 2.31 bits per heavy atom. The molecule has 0 radical (unpaired) electrons. The van der Waals surface area contributed by atoms with Crippen LogP contribution in [0.2, 0.25) is 0 Å². The van der Waals surface area contributed by atoms with Gasteiger partial charge in [0.2, 0.25) is 11.8 Å². The van der Waals surface area contributed by atoms with Gasteiger partial charge in [-0.25, -0.2) is 0 Å². The molecule has 88 valence electrons. The van der Waals surface area contributed by atoms with E-state index in [9.17, 15) is 9.59 Å². The minimum atomic E-state index is 0.0189. The van der Waals surface area contributed by atoms with Gasteiger partial charge >= 0.3 is 0 Å². The van der Waals surface area contributed by atoms with Crippen molar-refractivity contribution < 1.29 is 9.59 Å². The predicted molar refractivity (Wildman–Crippen MR) is 60.7 cm³/mol. The molecule has 0 unspecified atom stereocenters. The Kier molecular flexibility index (Phi) is 3.27. The van der Waals surface area contributed by atoms with Gasteiger partial charge in [-0.1, -0.05) is 6.08 Å². The molecule has 2 amide bonds. The van der Waals surface area contributed by atoms with Gasteiger partial charge in [0.15, 0.2) is 0 Å². The van der Waals surface area contributed by atoms with Crippen molar-refractivity contribution in [3.05, 3.63) is 12.7 Å². The first-order chi connectivity index (χ1) is 7.70. The SMILES string of the molecule is C=CCCC(=O)N[C@H]1CC(=O)N(C2CC2)C1. The number of carbonyl (C=O) groups is 2. The van der Waals surface area contributed by atoms with E-state index in [1.54, 1.807) is 6.08 Å². The van der Waals surface area contributed by atoms with Gasteiger partial charge in [0, 0.05) is 25.4 Å². The highest BCUT2D eigenvalue weighted by atomic mass is 16.2. The van der Waals surface area contributed by atoms with E-state index in [1.807, 2.05) is 4.90 Å². The Hall–Kier alpha value is -1.32. The quantitative estimate of drug-likeness (QED) is 0.700. The van der Waals surface area contributed by atoms with E-state index >= 15 is 0 Å². The Balaban J connectivity index is 1.76. The highest BCUT2D eigenvalue weighted by molar-refractivity contribution is 5.82. The minimum Gasteiger partial charge on any atom is -0.351 e. The van der Waals surface area contributed by atoms with Crippen molar-refractivity contribution in [1.29, 1.82) is 0 Å². The highest BCUT2D eigenvalue weighted by Gasteiger charge is 2.39. The second-order valence-corrected chi connectivity index (χ2v) is 4.57. The number of allylic oxidation sites excluding steroid dienone is 1. The van der Waals surface area contributed by atoms with Gasteiger partial charge in [0.05, 0.1) is 6.04 Å². The van der Waals surface area contributed by atoms with Crippen LogP contribution < -0.4 is 5.32 Å². The third kappa shape index (κ3) is 2.62. The van der Waals surface area contributed by atoms with Crippen LogP contribution in [0.25, 0.3) is 0 Å². The van der Waals surface area contributed by atoms with Crippen molar-refractivity contribution in [3.8, 4) is 0 Å². The highest BCUT2D eigenvalue weighted by Crippen LogP contribution is 2.30. The lowest BCUT2D eigenvalue weighted by atomic mass is 10.2. The molecule has 4 nitrogen and oxygen atoms in total. The summed E-state index contributed by atoms with van der Waals surface area (Å²) in [4.78, 5) is 25.0. The molecule has 0 aromatic rings. The lowest BCUT2D eigenvalue weighted by Crippen LogP contribution is -2.37. The molecule has 1 aliphatic heterocycles. The number of nitrogens with zero attached hydrogens (tertiary/aromatic N) is 1. The van der Waals surface area contributed by atoms with Crippen LogP contribution in [0.3, 0.4) is 0 Å². The van der Waals surface area contributed by atoms with Gasteiger partial charge < -0.3 is 10.2 Å². The first-order valence-corrected chi connectivity index (χ1v) is 5.90. The van der Waals surface area contributed by atoms with Crippen LogP contribution in [0.15, 0.2) is 12.7 Å². The number of rotatable bonds is 5. The summed E-state index contributed by atoms with van der Waals surface area (Å²) >= 11 is 0. The zero-order chi connectivity index (χ0) is 11.5. The summed E-state index contributed by atoms with van der Waals surface area (Å²) in [7, 11) is 0. The van der Waals surface area contributed by atoms with Crippen LogP contribution >= 0.6 is 0 Å². The maximum Gasteiger partial charge on any atom is 0.225 e. The molecule has 1 saturated heterocycles. The number of carbonyl (C=O) groups excluding carboxylic acids is 2. The lowest BCUT2D eigenvalue weighted by Gasteiger charge is -2.15. The summed E-state index contributed by atoms with van der Waals surface area (Å²) in [5.74, 6) is 0.215. The van der Waals surface area contributed by atoms with E-state index in [1.165, 1.54) is 0 Å². The van der Waals surface area contributed by atoms with Crippen LogP contribution in [0, 0.1) is 0 Å². The molecular weight excluding hydrogens is 204 g/mol. The van der Waals surface area contributed by atoms with E-state index in [4.69, 9.17) is 0 Å². The van der Waals surface area contributed by atoms with E-state index in [0.717, 1.165) is 12.8 Å². The first kappa shape index (κ1) is 11.2. The summed E-state index contributed by atoms with van der Waals surface area (Å²) in [6, 6.07) is 0.480. The number of nitrogens with one attached hydrogen (secondary N) is 1. The number of likely N-dealkylation sites (tertiary alicyclic amines) is 1. The topological polar surface area (TPSA) is 49.4 Å². The molecule has 0 spiro atoms. The van der Waals surface area contributed by atoms with E-state index < -0.39 is 0 Å². The van der Waals surface area contributed by atoms with Crippen molar-refractivity contribution in [2.45, 2.75) is 44.2 Å². The van der Waals surface area contributed by atoms with Gasteiger partial charge in [0.25, 0.3) is 0 Å². The molecule has 1 heterocycles. The molecule has 16 heavy (non-hydrogen) atoms. The average molecular weight is 222 g/mol. The second kappa shape index (κ2) is 4.68. The van der Waals surface area contributed by atoms with Crippen LogP contribution in [0.5, 0.6) is 0 Å². The molecular formula is C12H18N2O2. The Morgan fingerprint density at radius 1 is 1.56 bits per heavy atom. The zero-order valence-corrected chi connectivity index (χ0v) is 9.45. The summed E-state index contributed by atoms with van der Waals surface area (Å²) < 4.78 is 0. The zero-order valence-electron chi connectivity index (χ0n) is 9.45. The number of hydrogen-bond donors (Lipinski definition) is 1. The van der Waals surface area contributed by atoms with E-state index in [2.05, 4.69) is 11.9 Å². The summed E-state index contributed by atoms with van der Waals surface area (Å²) in [5, 5.41) is 2.91. The van der Waals surface area contributed by atoms with Crippen LogP contribution in [-0.4, -0.2) is 35.3 Å². The molecule has 1 aliphatic carbocycles. The normalized spacial score (nSPS) is 24.6. The molecule has 0 aromatic carbocycles. The fourth-order valence-corrected chi connectivity index (χ4v) is 2.10. The molecule has 2 rings (SSSR count). The maximum absolute atomic E-state index is 11.6. The van der Waals surface area contributed by atoms with Gasteiger partial charge in [-0.05, 0) is 19.3 Å². The molecule has 1 N–H and O–H groups in total. The van der Waals surface area contributed by atoms with Crippen LogP contribution in [-0.2, 0) is 9.59 Å². The summed E-state index contributed by atoms with van der Waals surface area (Å²) in [6.07, 6.45) is 5.62. The van der Waals surface area contributed by atoms with Crippen molar-refractivity contribution >= 4 is 11.8 Å².